The molecule has 1 atom stereocenters. The highest BCUT2D eigenvalue weighted by Crippen LogP contribution is 2.26. The fraction of sp³-hybridized carbons (Fsp3) is 0.909. The van der Waals surface area contributed by atoms with E-state index in [2.05, 4.69) is 5.32 Å². The van der Waals surface area contributed by atoms with Crippen LogP contribution < -0.4 is 5.32 Å². The molecule has 16 heavy (non-hydrogen) atoms. The second-order valence-corrected chi connectivity index (χ2v) is 4.40. The molecular weight excluding hydrogens is 210 g/mol. The van der Waals surface area contributed by atoms with Gasteiger partial charge >= 0.3 is 0 Å². The third kappa shape index (κ3) is 4.17. The first kappa shape index (κ1) is 15.5. The van der Waals surface area contributed by atoms with Crippen molar-refractivity contribution in [3.05, 3.63) is 0 Å². The van der Waals surface area contributed by atoms with Gasteiger partial charge in [-0.3, -0.25) is 10.1 Å². The Labute approximate surface area is 96.8 Å². The normalized spacial score (nSPS) is 15.8. The fourth-order valence-electron chi connectivity index (χ4n) is 1.16. The number of ether oxygens (including phenoxy) is 1. The summed E-state index contributed by atoms with van der Waals surface area (Å²) in [5.41, 5.74) is -2.62. The average Bonchev–Trinajstić information content (AvgIpc) is 2.28. The summed E-state index contributed by atoms with van der Waals surface area (Å²) in [5.74, 6) is 0. The largest absolute Gasteiger partial charge is 0.396 e. The van der Waals surface area contributed by atoms with Crippen LogP contribution in [0.15, 0.2) is 0 Å². The monoisotopic (exact) mass is 233 g/mol. The predicted octanol–water partition coefficient (Wildman–Crippen LogP) is -0.0914. The van der Waals surface area contributed by atoms with Crippen molar-refractivity contribution in [3.8, 4) is 0 Å². The van der Waals surface area contributed by atoms with Gasteiger partial charge in [0.25, 0.3) is 0 Å². The van der Waals surface area contributed by atoms with E-state index in [1.54, 1.807) is 13.8 Å². The van der Waals surface area contributed by atoms with Crippen molar-refractivity contribution >= 4 is 6.29 Å². The second kappa shape index (κ2) is 6.96. The summed E-state index contributed by atoms with van der Waals surface area (Å²) in [5, 5.41) is 21.9. The van der Waals surface area contributed by atoms with Gasteiger partial charge in [0.1, 0.15) is 0 Å². The van der Waals surface area contributed by atoms with Crippen molar-refractivity contribution in [2.45, 2.75) is 32.9 Å². The van der Waals surface area contributed by atoms with Crippen LogP contribution >= 0.6 is 0 Å². The molecule has 3 N–H and O–H groups in total. The van der Waals surface area contributed by atoms with Crippen LogP contribution in [0.2, 0.25) is 0 Å². The van der Waals surface area contributed by atoms with Crippen LogP contribution in [0.25, 0.3) is 0 Å². The quantitative estimate of drug-likeness (QED) is 0.295. The van der Waals surface area contributed by atoms with Crippen LogP contribution in [-0.2, 0) is 9.53 Å². The molecule has 0 saturated heterocycles. The summed E-state index contributed by atoms with van der Waals surface area (Å²) in [7, 11) is 0. The van der Waals surface area contributed by atoms with Crippen molar-refractivity contribution < 1.29 is 19.7 Å². The molecule has 0 aromatic rings. The maximum Gasteiger partial charge on any atom is 0.180 e. The van der Waals surface area contributed by atoms with Gasteiger partial charge in [0.2, 0.25) is 0 Å². The van der Waals surface area contributed by atoms with E-state index >= 15 is 0 Å². The van der Waals surface area contributed by atoms with E-state index < -0.39 is 11.1 Å². The summed E-state index contributed by atoms with van der Waals surface area (Å²) >= 11 is 0. The molecule has 0 aliphatic carbocycles. The topological polar surface area (TPSA) is 78.8 Å². The standard InChI is InChI=1S/C11H23NO4/c1-4-16-7-5-6-12-11(15,9-14)10(2,3)8-13/h9,12-13,15H,4-8H2,1-3H3. The molecule has 0 aromatic heterocycles. The highest BCUT2D eigenvalue weighted by atomic mass is 16.5. The number of carbonyl (C=O) groups is 1. The van der Waals surface area contributed by atoms with Gasteiger partial charge < -0.3 is 14.9 Å². The molecule has 0 rings (SSSR count). The molecule has 0 bridgehead atoms. The number of rotatable bonds is 9. The molecule has 0 aromatic carbocycles. The Morgan fingerprint density at radius 3 is 2.50 bits per heavy atom. The lowest BCUT2D eigenvalue weighted by Crippen LogP contribution is -2.59. The van der Waals surface area contributed by atoms with Crippen molar-refractivity contribution in [1.29, 1.82) is 0 Å². The molecule has 96 valence electrons. The van der Waals surface area contributed by atoms with Crippen LogP contribution in [0, 0.1) is 5.41 Å². The van der Waals surface area contributed by atoms with Gasteiger partial charge in [-0.2, -0.15) is 0 Å². The van der Waals surface area contributed by atoms with Gasteiger partial charge in [-0.1, -0.05) is 13.8 Å². The zero-order valence-electron chi connectivity index (χ0n) is 10.3. The first-order chi connectivity index (χ1) is 7.43. The number of aliphatic hydroxyl groups excluding tert-OH is 1. The Kier molecular flexibility index (Phi) is 6.74. The molecule has 1 unspecified atom stereocenters. The van der Waals surface area contributed by atoms with Crippen molar-refractivity contribution in [2.24, 2.45) is 5.41 Å². The highest BCUT2D eigenvalue weighted by Gasteiger charge is 2.42. The molecule has 0 fully saturated rings. The number of nitrogens with one attached hydrogen (secondary N) is 1. The van der Waals surface area contributed by atoms with E-state index in [1.165, 1.54) is 0 Å². The van der Waals surface area contributed by atoms with E-state index in [0.29, 0.717) is 32.5 Å². The maximum atomic E-state index is 10.9. The van der Waals surface area contributed by atoms with Gasteiger partial charge in [-0.05, 0) is 13.3 Å². The minimum atomic E-state index is -1.70. The van der Waals surface area contributed by atoms with Crippen LogP contribution in [0.1, 0.15) is 27.2 Å². The second-order valence-electron chi connectivity index (χ2n) is 4.40. The smallest absolute Gasteiger partial charge is 0.180 e. The molecule has 0 radical (unpaired) electrons. The fourth-order valence-corrected chi connectivity index (χ4v) is 1.16. The lowest BCUT2D eigenvalue weighted by atomic mass is 9.82. The van der Waals surface area contributed by atoms with E-state index in [0.717, 1.165) is 0 Å². The van der Waals surface area contributed by atoms with Gasteiger partial charge in [-0.25, -0.2) is 0 Å². The Balaban J connectivity index is 4.13. The zero-order chi connectivity index (χ0) is 12.7. The van der Waals surface area contributed by atoms with E-state index in [1.807, 2.05) is 6.92 Å². The minimum absolute atomic E-state index is 0.277. The lowest BCUT2D eigenvalue weighted by molar-refractivity contribution is -0.149. The van der Waals surface area contributed by atoms with E-state index in [-0.39, 0.29) is 6.61 Å². The number of hydrogen-bond acceptors (Lipinski definition) is 5. The number of aldehydes is 1. The Bertz CT molecular complexity index is 208. The summed E-state index contributed by atoms with van der Waals surface area (Å²) in [6.45, 7) is 6.56. The molecule has 5 nitrogen and oxygen atoms in total. The Morgan fingerprint density at radius 1 is 1.44 bits per heavy atom. The molecule has 0 saturated carbocycles. The van der Waals surface area contributed by atoms with Crippen LogP contribution in [-0.4, -0.2) is 48.6 Å². The molecule has 5 heteroatoms. The number of hydrogen-bond donors (Lipinski definition) is 3. The van der Waals surface area contributed by atoms with Crippen LogP contribution in [0.5, 0.6) is 0 Å². The lowest BCUT2D eigenvalue weighted by Gasteiger charge is -2.37. The van der Waals surface area contributed by atoms with Crippen LogP contribution in [0.3, 0.4) is 0 Å². The van der Waals surface area contributed by atoms with E-state index in [9.17, 15) is 9.90 Å². The number of carbonyl (C=O) groups excluding carboxylic acids is 1. The minimum Gasteiger partial charge on any atom is -0.396 e. The zero-order valence-corrected chi connectivity index (χ0v) is 10.3. The summed E-state index contributed by atoms with van der Waals surface area (Å²) < 4.78 is 5.13. The Morgan fingerprint density at radius 2 is 2.06 bits per heavy atom. The van der Waals surface area contributed by atoms with Gasteiger partial charge in [0, 0.05) is 25.2 Å². The molecule has 0 amide bonds. The van der Waals surface area contributed by atoms with Gasteiger partial charge in [0.15, 0.2) is 12.0 Å². The summed E-state index contributed by atoms with van der Waals surface area (Å²) in [6, 6.07) is 0. The summed E-state index contributed by atoms with van der Waals surface area (Å²) in [4.78, 5) is 10.9. The molecule has 0 spiro atoms. The molecular formula is C11H23NO4. The first-order valence-electron chi connectivity index (χ1n) is 5.56. The van der Waals surface area contributed by atoms with Gasteiger partial charge in [-0.15, -0.1) is 0 Å². The Hall–Kier alpha value is -0.490. The SMILES string of the molecule is CCOCCCNC(O)(C=O)C(C)(C)CO. The van der Waals surface area contributed by atoms with Crippen molar-refractivity contribution in [3.63, 3.8) is 0 Å². The van der Waals surface area contributed by atoms with Gasteiger partial charge in [0.05, 0.1) is 6.61 Å². The average molecular weight is 233 g/mol. The van der Waals surface area contributed by atoms with Crippen molar-refractivity contribution in [2.75, 3.05) is 26.4 Å². The summed E-state index contributed by atoms with van der Waals surface area (Å²) in [6.07, 6.45) is 1.13. The number of aliphatic hydroxyl groups is 2. The van der Waals surface area contributed by atoms with E-state index in [4.69, 9.17) is 9.84 Å². The molecule has 0 aliphatic heterocycles. The molecule has 0 aliphatic rings. The third-order valence-corrected chi connectivity index (χ3v) is 2.66. The molecule has 0 heterocycles. The maximum absolute atomic E-state index is 10.9. The van der Waals surface area contributed by atoms with Crippen LogP contribution in [0.4, 0.5) is 0 Å². The van der Waals surface area contributed by atoms with Crippen molar-refractivity contribution in [1.82, 2.24) is 5.32 Å². The first-order valence-corrected chi connectivity index (χ1v) is 5.56. The third-order valence-electron chi connectivity index (χ3n) is 2.66. The predicted molar refractivity (Wildman–Crippen MR) is 61.0 cm³/mol. The highest BCUT2D eigenvalue weighted by molar-refractivity contribution is 5.63.